The standard InChI is InChI=1S/C15H19BrFNO2/c1-15(2,3)20-14(19)18-9-10(17)8-13(18)11-6-4-5-7-12(11)16/h4-7,10,13H,8-9H2,1-3H3. The summed E-state index contributed by atoms with van der Waals surface area (Å²) in [4.78, 5) is 13.7. The third-order valence-corrected chi connectivity index (χ3v) is 3.86. The van der Waals surface area contributed by atoms with E-state index in [4.69, 9.17) is 4.74 Å². The van der Waals surface area contributed by atoms with Crippen molar-refractivity contribution in [3.8, 4) is 0 Å². The van der Waals surface area contributed by atoms with E-state index in [2.05, 4.69) is 15.9 Å². The van der Waals surface area contributed by atoms with Gasteiger partial charge in [0.05, 0.1) is 12.6 Å². The SMILES string of the molecule is CC(C)(C)OC(=O)N1CC(F)CC1c1ccccc1Br. The van der Waals surface area contributed by atoms with E-state index < -0.39 is 17.9 Å². The molecule has 0 bridgehead atoms. The molecule has 0 aromatic heterocycles. The zero-order valence-corrected chi connectivity index (χ0v) is 13.5. The second-order valence-electron chi connectivity index (χ2n) is 6.00. The van der Waals surface area contributed by atoms with Crippen molar-refractivity contribution in [3.05, 3.63) is 34.3 Å². The van der Waals surface area contributed by atoms with Gasteiger partial charge in [0, 0.05) is 10.9 Å². The normalized spacial score (nSPS) is 22.9. The van der Waals surface area contributed by atoms with Crippen LogP contribution in [0.1, 0.15) is 38.8 Å². The summed E-state index contributed by atoms with van der Waals surface area (Å²) in [5, 5.41) is 0. The Labute approximate surface area is 127 Å². The lowest BCUT2D eigenvalue weighted by molar-refractivity contribution is 0.0216. The molecule has 1 aromatic rings. The summed E-state index contributed by atoms with van der Waals surface area (Å²) in [5.41, 5.74) is 0.336. The van der Waals surface area contributed by atoms with Gasteiger partial charge in [-0.1, -0.05) is 34.1 Å². The molecule has 1 amide bonds. The van der Waals surface area contributed by atoms with Gasteiger partial charge in [0.1, 0.15) is 11.8 Å². The van der Waals surface area contributed by atoms with Crippen LogP contribution in [0.15, 0.2) is 28.7 Å². The van der Waals surface area contributed by atoms with Gasteiger partial charge in [-0.05, 0) is 32.4 Å². The zero-order chi connectivity index (χ0) is 14.9. The van der Waals surface area contributed by atoms with Crippen molar-refractivity contribution >= 4 is 22.0 Å². The maximum Gasteiger partial charge on any atom is 0.410 e. The van der Waals surface area contributed by atoms with Gasteiger partial charge in [-0.25, -0.2) is 9.18 Å². The number of nitrogens with zero attached hydrogens (tertiary/aromatic N) is 1. The summed E-state index contributed by atoms with van der Waals surface area (Å²) in [6, 6.07) is 7.31. The summed E-state index contributed by atoms with van der Waals surface area (Å²) < 4.78 is 20.0. The van der Waals surface area contributed by atoms with E-state index in [1.165, 1.54) is 4.90 Å². The monoisotopic (exact) mass is 343 g/mol. The molecule has 0 aliphatic carbocycles. The number of hydrogen-bond donors (Lipinski definition) is 0. The molecule has 1 aromatic carbocycles. The molecule has 0 N–H and O–H groups in total. The molecule has 1 fully saturated rings. The highest BCUT2D eigenvalue weighted by molar-refractivity contribution is 9.10. The summed E-state index contributed by atoms with van der Waals surface area (Å²) in [6.07, 6.45) is -1.17. The molecule has 110 valence electrons. The van der Waals surface area contributed by atoms with Gasteiger partial charge in [0.15, 0.2) is 0 Å². The average molecular weight is 344 g/mol. The van der Waals surface area contributed by atoms with Crippen LogP contribution in [0.3, 0.4) is 0 Å². The largest absolute Gasteiger partial charge is 0.444 e. The summed E-state index contributed by atoms with van der Waals surface area (Å²) in [7, 11) is 0. The van der Waals surface area contributed by atoms with Crippen LogP contribution in [0.4, 0.5) is 9.18 Å². The molecule has 1 saturated heterocycles. The third kappa shape index (κ3) is 3.51. The Bertz CT molecular complexity index is 501. The number of likely N-dealkylation sites (tertiary alicyclic amines) is 1. The molecule has 3 nitrogen and oxygen atoms in total. The fraction of sp³-hybridized carbons (Fsp3) is 0.533. The molecule has 2 unspecified atom stereocenters. The molecule has 0 spiro atoms. The predicted molar refractivity (Wildman–Crippen MR) is 79.3 cm³/mol. The lowest BCUT2D eigenvalue weighted by Gasteiger charge is -2.29. The van der Waals surface area contributed by atoms with E-state index >= 15 is 0 Å². The van der Waals surface area contributed by atoms with Crippen molar-refractivity contribution in [2.24, 2.45) is 0 Å². The topological polar surface area (TPSA) is 29.5 Å². The van der Waals surface area contributed by atoms with Crippen molar-refractivity contribution in [2.75, 3.05) is 6.54 Å². The van der Waals surface area contributed by atoms with Gasteiger partial charge >= 0.3 is 6.09 Å². The van der Waals surface area contributed by atoms with Crippen LogP contribution in [-0.2, 0) is 4.74 Å². The molecule has 1 aliphatic rings. The molecular formula is C15H19BrFNO2. The first-order valence-electron chi connectivity index (χ1n) is 6.66. The molecule has 2 atom stereocenters. The fourth-order valence-electron chi connectivity index (χ4n) is 2.35. The minimum Gasteiger partial charge on any atom is -0.444 e. The van der Waals surface area contributed by atoms with Crippen LogP contribution in [0.2, 0.25) is 0 Å². The summed E-state index contributed by atoms with van der Waals surface area (Å²) in [5.74, 6) is 0. The first-order chi connectivity index (χ1) is 9.28. The highest BCUT2D eigenvalue weighted by Gasteiger charge is 2.39. The number of benzene rings is 1. The Kier molecular flexibility index (Phi) is 4.37. The van der Waals surface area contributed by atoms with Crippen LogP contribution in [0.25, 0.3) is 0 Å². The number of rotatable bonds is 1. The predicted octanol–water partition coefficient (Wildman–Crippen LogP) is 4.47. The van der Waals surface area contributed by atoms with E-state index in [-0.39, 0.29) is 12.6 Å². The molecule has 5 heteroatoms. The number of amides is 1. The third-order valence-electron chi connectivity index (χ3n) is 3.14. The number of ether oxygens (including phenoxy) is 1. The number of alkyl halides is 1. The quantitative estimate of drug-likeness (QED) is 0.752. The van der Waals surface area contributed by atoms with E-state index in [0.29, 0.717) is 6.42 Å². The Hall–Kier alpha value is -1.10. The van der Waals surface area contributed by atoms with Gasteiger partial charge in [0.2, 0.25) is 0 Å². The summed E-state index contributed by atoms with van der Waals surface area (Å²) >= 11 is 3.46. The highest BCUT2D eigenvalue weighted by atomic mass is 79.9. The fourth-order valence-corrected chi connectivity index (χ4v) is 2.90. The van der Waals surface area contributed by atoms with Crippen LogP contribution < -0.4 is 0 Å². The van der Waals surface area contributed by atoms with Gasteiger partial charge in [-0.15, -0.1) is 0 Å². The molecule has 1 aliphatic heterocycles. The molecular weight excluding hydrogens is 325 g/mol. The Balaban J connectivity index is 2.23. The highest BCUT2D eigenvalue weighted by Crippen LogP contribution is 2.37. The van der Waals surface area contributed by atoms with Crippen molar-refractivity contribution < 1.29 is 13.9 Å². The number of hydrogen-bond acceptors (Lipinski definition) is 2. The van der Waals surface area contributed by atoms with Gasteiger partial charge in [0.25, 0.3) is 0 Å². The van der Waals surface area contributed by atoms with E-state index in [0.717, 1.165) is 10.0 Å². The van der Waals surface area contributed by atoms with Crippen molar-refractivity contribution in [1.82, 2.24) is 4.90 Å². The molecule has 2 rings (SSSR count). The number of carbonyl (C=O) groups excluding carboxylic acids is 1. The Morgan fingerprint density at radius 1 is 1.40 bits per heavy atom. The maximum atomic E-state index is 13.8. The minimum atomic E-state index is -1.01. The molecule has 20 heavy (non-hydrogen) atoms. The molecule has 0 saturated carbocycles. The first kappa shape index (κ1) is 15.3. The number of carbonyl (C=O) groups is 1. The van der Waals surface area contributed by atoms with Crippen molar-refractivity contribution in [3.63, 3.8) is 0 Å². The van der Waals surface area contributed by atoms with E-state index in [1.54, 1.807) is 20.8 Å². The molecule has 0 radical (unpaired) electrons. The second kappa shape index (κ2) is 5.72. The van der Waals surface area contributed by atoms with E-state index in [9.17, 15) is 9.18 Å². The lowest BCUT2D eigenvalue weighted by Crippen LogP contribution is -2.37. The second-order valence-corrected chi connectivity index (χ2v) is 6.86. The summed E-state index contributed by atoms with van der Waals surface area (Å²) in [6.45, 7) is 5.50. The van der Waals surface area contributed by atoms with E-state index in [1.807, 2.05) is 24.3 Å². The first-order valence-corrected chi connectivity index (χ1v) is 7.45. The van der Waals surface area contributed by atoms with Crippen molar-refractivity contribution in [2.45, 2.75) is 45.0 Å². The van der Waals surface area contributed by atoms with Crippen LogP contribution in [-0.4, -0.2) is 29.3 Å². The van der Waals surface area contributed by atoms with Crippen LogP contribution in [0, 0.1) is 0 Å². The Morgan fingerprint density at radius 2 is 2.05 bits per heavy atom. The smallest absolute Gasteiger partial charge is 0.410 e. The Morgan fingerprint density at radius 3 is 2.65 bits per heavy atom. The van der Waals surface area contributed by atoms with Crippen molar-refractivity contribution in [1.29, 1.82) is 0 Å². The number of halogens is 2. The van der Waals surface area contributed by atoms with Crippen LogP contribution >= 0.6 is 15.9 Å². The minimum absolute atomic E-state index is 0.0842. The van der Waals surface area contributed by atoms with Gasteiger partial charge in [-0.2, -0.15) is 0 Å². The maximum absolute atomic E-state index is 13.8. The molecule has 1 heterocycles. The zero-order valence-electron chi connectivity index (χ0n) is 11.9. The lowest BCUT2D eigenvalue weighted by atomic mass is 10.0. The van der Waals surface area contributed by atoms with Crippen LogP contribution in [0.5, 0.6) is 0 Å². The van der Waals surface area contributed by atoms with Gasteiger partial charge < -0.3 is 4.74 Å². The average Bonchev–Trinajstić information content (AvgIpc) is 2.69. The van der Waals surface area contributed by atoms with Gasteiger partial charge in [-0.3, -0.25) is 4.90 Å².